The zero-order chi connectivity index (χ0) is 20.6. The zero-order valence-electron chi connectivity index (χ0n) is 17.1. The molecule has 0 aliphatic heterocycles. The summed E-state index contributed by atoms with van der Waals surface area (Å²) >= 11 is 3.63. The molecule has 0 aliphatic rings. The van der Waals surface area contributed by atoms with Gasteiger partial charge in [0, 0.05) is 23.4 Å². The molecule has 0 unspecified atom stereocenters. The van der Waals surface area contributed by atoms with Crippen molar-refractivity contribution >= 4 is 34.6 Å². The van der Waals surface area contributed by atoms with Crippen molar-refractivity contribution < 1.29 is 0 Å². The fraction of sp³-hybridized carbons (Fsp3) is 0.250. The van der Waals surface area contributed by atoms with Crippen molar-refractivity contribution in [2.75, 3.05) is 12.3 Å². The second kappa shape index (κ2) is 10.7. The normalized spacial score (nSPS) is 11.2. The van der Waals surface area contributed by atoms with Gasteiger partial charge in [0.2, 0.25) is 0 Å². The highest BCUT2D eigenvalue weighted by molar-refractivity contribution is 7.99. The molecule has 4 rings (SSSR count). The molecule has 0 spiro atoms. The number of benzene rings is 2. The van der Waals surface area contributed by atoms with Gasteiger partial charge in [-0.15, -0.1) is 11.8 Å². The van der Waals surface area contributed by atoms with E-state index in [-0.39, 0.29) is 0 Å². The molecule has 0 amide bonds. The smallest absolute Gasteiger partial charge is 0.166 e. The predicted molar refractivity (Wildman–Crippen MR) is 128 cm³/mol. The van der Waals surface area contributed by atoms with Gasteiger partial charge >= 0.3 is 0 Å². The van der Waals surface area contributed by atoms with Gasteiger partial charge in [-0.05, 0) is 55.0 Å². The molecule has 4 aromatic rings. The molecule has 0 fully saturated rings. The van der Waals surface area contributed by atoms with Crippen LogP contribution in [0.4, 0.5) is 0 Å². The first-order valence-corrected chi connectivity index (χ1v) is 12.2. The van der Waals surface area contributed by atoms with Crippen molar-refractivity contribution in [1.29, 1.82) is 0 Å². The van der Waals surface area contributed by atoms with Gasteiger partial charge in [0.15, 0.2) is 5.16 Å². The van der Waals surface area contributed by atoms with Crippen LogP contribution in [0.3, 0.4) is 0 Å². The molecule has 0 aliphatic carbocycles. The van der Waals surface area contributed by atoms with Crippen LogP contribution in [0, 0.1) is 6.92 Å². The van der Waals surface area contributed by atoms with Gasteiger partial charge in [-0.1, -0.05) is 54.2 Å². The number of aromatic amines is 1. The summed E-state index contributed by atoms with van der Waals surface area (Å²) in [5, 5.41) is 4.47. The maximum atomic E-state index is 4.65. The topological polar surface area (TPSA) is 53.6 Å². The maximum Gasteiger partial charge on any atom is 0.166 e. The summed E-state index contributed by atoms with van der Waals surface area (Å²) in [6, 6.07) is 20.8. The van der Waals surface area contributed by atoms with Crippen LogP contribution in [-0.2, 0) is 12.3 Å². The molecular weight excluding hydrogens is 408 g/mol. The lowest BCUT2D eigenvalue weighted by molar-refractivity contribution is 0.679. The van der Waals surface area contributed by atoms with Crippen LogP contribution in [0.1, 0.15) is 23.2 Å². The van der Waals surface area contributed by atoms with E-state index in [0.717, 1.165) is 52.9 Å². The molecule has 0 bridgehead atoms. The second-order valence-corrected chi connectivity index (χ2v) is 9.19. The largest absolute Gasteiger partial charge is 0.333 e. The Morgan fingerprint density at radius 3 is 2.67 bits per heavy atom. The Bertz CT molecular complexity index is 1050. The van der Waals surface area contributed by atoms with E-state index >= 15 is 0 Å². The SMILES string of the molecule is Cc1c(SCCCNCc2ccccc2)ccnc1CSc1nc2ccccc2[nH]1. The minimum Gasteiger partial charge on any atom is -0.333 e. The van der Waals surface area contributed by atoms with Gasteiger partial charge in [0.25, 0.3) is 0 Å². The van der Waals surface area contributed by atoms with Crippen LogP contribution in [0.25, 0.3) is 11.0 Å². The van der Waals surface area contributed by atoms with Gasteiger partial charge in [-0.3, -0.25) is 4.98 Å². The van der Waals surface area contributed by atoms with Crippen molar-refractivity contribution in [3.05, 3.63) is 83.7 Å². The Morgan fingerprint density at radius 1 is 0.967 bits per heavy atom. The van der Waals surface area contributed by atoms with E-state index in [4.69, 9.17) is 0 Å². The van der Waals surface area contributed by atoms with Crippen LogP contribution < -0.4 is 5.32 Å². The maximum absolute atomic E-state index is 4.65. The molecule has 2 N–H and O–H groups in total. The number of H-pyrrole nitrogens is 1. The van der Waals surface area contributed by atoms with Crippen molar-refractivity contribution in [1.82, 2.24) is 20.3 Å². The summed E-state index contributed by atoms with van der Waals surface area (Å²) in [5.74, 6) is 1.92. The number of hydrogen-bond donors (Lipinski definition) is 2. The van der Waals surface area contributed by atoms with Crippen LogP contribution in [0.15, 0.2) is 76.9 Å². The Morgan fingerprint density at radius 2 is 1.80 bits per heavy atom. The van der Waals surface area contributed by atoms with E-state index in [1.165, 1.54) is 16.0 Å². The minimum atomic E-state index is 0.818. The molecule has 2 aromatic carbocycles. The quantitative estimate of drug-likeness (QED) is 0.243. The summed E-state index contributed by atoms with van der Waals surface area (Å²) in [6.45, 7) is 4.14. The Balaban J connectivity index is 1.24. The summed E-state index contributed by atoms with van der Waals surface area (Å²) in [5.41, 5.74) is 5.84. The molecule has 0 radical (unpaired) electrons. The average Bonchev–Trinajstić information content (AvgIpc) is 3.20. The molecule has 0 saturated carbocycles. The van der Waals surface area contributed by atoms with E-state index in [1.54, 1.807) is 11.8 Å². The molecule has 30 heavy (non-hydrogen) atoms. The minimum absolute atomic E-state index is 0.818. The summed E-state index contributed by atoms with van der Waals surface area (Å²) in [7, 11) is 0. The van der Waals surface area contributed by atoms with Gasteiger partial charge in [0.05, 0.1) is 16.7 Å². The summed E-state index contributed by atoms with van der Waals surface area (Å²) in [4.78, 5) is 14.0. The predicted octanol–water partition coefficient (Wildman–Crippen LogP) is 5.83. The molecule has 0 atom stereocenters. The number of para-hydroxylation sites is 2. The van der Waals surface area contributed by atoms with E-state index < -0.39 is 0 Å². The van der Waals surface area contributed by atoms with Crippen LogP contribution in [0.5, 0.6) is 0 Å². The van der Waals surface area contributed by atoms with Crippen molar-refractivity contribution in [3.63, 3.8) is 0 Å². The highest BCUT2D eigenvalue weighted by Crippen LogP contribution is 2.28. The van der Waals surface area contributed by atoms with Gasteiger partial charge in [0.1, 0.15) is 0 Å². The first kappa shape index (κ1) is 21.0. The highest BCUT2D eigenvalue weighted by atomic mass is 32.2. The number of thioether (sulfide) groups is 2. The van der Waals surface area contributed by atoms with Crippen LogP contribution in [0.2, 0.25) is 0 Å². The fourth-order valence-electron chi connectivity index (χ4n) is 3.20. The Hall–Kier alpha value is -2.28. The van der Waals surface area contributed by atoms with Crippen LogP contribution in [-0.4, -0.2) is 27.2 Å². The Kier molecular flexibility index (Phi) is 7.45. The van der Waals surface area contributed by atoms with E-state index in [2.05, 4.69) is 69.7 Å². The fourth-order valence-corrected chi connectivity index (χ4v) is 5.11. The van der Waals surface area contributed by atoms with E-state index in [0.29, 0.717) is 0 Å². The number of nitrogens with one attached hydrogen (secondary N) is 2. The molecule has 0 saturated heterocycles. The van der Waals surface area contributed by atoms with Gasteiger partial charge in [-0.2, -0.15) is 0 Å². The lowest BCUT2D eigenvalue weighted by Gasteiger charge is -2.10. The molecular formula is C24H26N4S2. The van der Waals surface area contributed by atoms with Crippen molar-refractivity contribution in [3.8, 4) is 0 Å². The monoisotopic (exact) mass is 434 g/mol. The second-order valence-electron chi connectivity index (χ2n) is 7.09. The van der Waals surface area contributed by atoms with E-state index in [1.807, 2.05) is 36.2 Å². The summed E-state index contributed by atoms with van der Waals surface area (Å²) < 4.78 is 0. The number of nitrogens with zero attached hydrogens (tertiary/aromatic N) is 2. The first-order chi connectivity index (χ1) is 14.8. The number of imidazole rings is 1. The van der Waals surface area contributed by atoms with E-state index in [9.17, 15) is 0 Å². The lowest BCUT2D eigenvalue weighted by atomic mass is 10.2. The Labute approximate surface area is 186 Å². The van der Waals surface area contributed by atoms with Gasteiger partial charge in [-0.25, -0.2) is 4.98 Å². The average molecular weight is 435 g/mol. The van der Waals surface area contributed by atoms with Gasteiger partial charge < -0.3 is 10.3 Å². The van der Waals surface area contributed by atoms with Crippen LogP contribution >= 0.6 is 23.5 Å². The zero-order valence-corrected chi connectivity index (χ0v) is 18.7. The third kappa shape index (κ3) is 5.65. The first-order valence-electron chi connectivity index (χ1n) is 10.2. The number of fused-ring (bicyclic) bond motifs is 1. The standard InChI is InChI=1S/C24H26N4S2/c1-18-22(17-30-24-27-20-10-5-6-11-21(20)28-24)26-14-12-23(18)29-15-7-13-25-16-19-8-3-2-4-9-19/h2-6,8-12,14,25H,7,13,15-17H2,1H3,(H,27,28). The third-order valence-corrected chi connectivity index (χ3v) is 7.03. The summed E-state index contributed by atoms with van der Waals surface area (Å²) in [6.07, 6.45) is 3.07. The molecule has 154 valence electrons. The number of aromatic nitrogens is 3. The third-order valence-electron chi connectivity index (χ3n) is 4.90. The van der Waals surface area contributed by atoms with Crippen molar-refractivity contribution in [2.45, 2.75) is 35.7 Å². The molecule has 2 aromatic heterocycles. The lowest BCUT2D eigenvalue weighted by Crippen LogP contribution is -2.15. The molecule has 4 nitrogen and oxygen atoms in total. The number of hydrogen-bond acceptors (Lipinski definition) is 5. The van der Waals surface area contributed by atoms with Crippen molar-refractivity contribution in [2.24, 2.45) is 0 Å². The highest BCUT2D eigenvalue weighted by Gasteiger charge is 2.09. The number of pyridine rings is 1. The molecule has 6 heteroatoms. The molecule has 2 heterocycles. The number of rotatable bonds is 10.